The standard InChI is InChI=1S/C30H34N6O3/c1-21(37)25-5-3-4-6-26(25)28-10-8-24-20-31-30(33-36(24)28)32-27-9-7-23(19-29(27)38-2)34-13-11-22(12-14-34)35-15-17-39-18-16-35/h3-10,19-20,22H,11-18H2,1-2H3,(H,32,33). The highest BCUT2D eigenvalue weighted by molar-refractivity contribution is 6.00. The van der Waals surface area contributed by atoms with Crippen molar-refractivity contribution in [1.29, 1.82) is 0 Å². The topological polar surface area (TPSA) is 84.2 Å². The molecule has 4 aromatic rings. The number of Topliss-reactive ketones (excluding diaryl/α,β-unsaturated/α-hetero) is 1. The van der Waals surface area contributed by atoms with Crippen molar-refractivity contribution in [2.45, 2.75) is 25.8 Å². The van der Waals surface area contributed by atoms with Crippen molar-refractivity contribution in [3.8, 4) is 17.0 Å². The summed E-state index contributed by atoms with van der Waals surface area (Å²) in [4.78, 5) is 21.8. The normalized spacial score (nSPS) is 16.9. The highest BCUT2D eigenvalue weighted by atomic mass is 16.5. The van der Waals surface area contributed by atoms with Crippen LogP contribution in [0.2, 0.25) is 0 Å². The SMILES string of the molecule is COc1cc(N2CCC(N3CCOCC3)CC2)ccc1Nc1ncc2ccc(-c3ccccc3C(C)=O)n2n1. The van der Waals surface area contributed by atoms with E-state index in [2.05, 4.69) is 32.2 Å². The van der Waals surface area contributed by atoms with Crippen LogP contribution in [0.3, 0.4) is 0 Å². The molecule has 0 radical (unpaired) electrons. The molecule has 0 atom stereocenters. The van der Waals surface area contributed by atoms with Gasteiger partial charge in [0.2, 0.25) is 5.95 Å². The Labute approximate surface area is 228 Å². The largest absolute Gasteiger partial charge is 0.494 e. The molecule has 0 bridgehead atoms. The van der Waals surface area contributed by atoms with Crippen LogP contribution in [0.1, 0.15) is 30.1 Å². The summed E-state index contributed by atoms with van der Waals surface area (Å²) in [6.07, 6.45) is 4.08. The van der Waals surface area contributed by atoms with Gasteiger partial charge in [0.25, 0.3) is 0 Å². The lowest BCUT2D eigenvalue weighted by Gasteiger charge is -2.40. The van der Waals surface area contributed by atoms with Crippen LogP contribution < -0.4 is 15.0 Å². The first-order valence-electron chi connectivity index (χ1n) is 13.6. The third-order valence-corrected chi connectivity index (χ3v) is 7.80. The molecular formula is C30H34N6O3. The molecule has 39 heavy (non-hydrogen) atoms. The first kappa shape index (κ1) is 25.3. The predicted octanol–water partition coefficient (Wildman–Crippen LogP) is 4.65. The van der Waals surface area contributed by atoms with Gasteiger partial charge in [-0.2, -0.15) is 0 Å². The van der Waals surface area contributed by atoms with Crippen molar-refractivity contribution in [2.24, 2.45) is 0 Å². The van der Waals surface area contributed by atoms with Gasteiger partial charge in [0, 0.05) is 55.1 Å². The van der Waals surface area contributed by atoms with Crippen LogP contribution in [0.15, 0.2) is 60.8 Å². The maximum Gasteiger partial charge on any atom is 0.245 e. The number of ketones is 1. The predicted molar refractivity (Wildman–Crippen MR) is 152 cm³/mol. The van der Waals surface area contributed by atoms with Crippen LogP contribution in [0.25, 0.3) is 16.8 Å². The van der Waals surface area contributed by atoms with Crippen LogP contribution >= 0.6 is 0 Å². The maximum atomic E-state index is 12.2. The first-order chi connectivity index (χ1) is 19.1. The van der Waals surface area contributed by atoms with E-state index in [4.69, 9.17) is 14.6 Å². The number of benzene rings is 2. The Morgan fingerprint density at radius 2 is 1.82 bits per heavy atom. The molecule has 9 heteroatoms. The molecule has 2 fully saturated rings. The zero-order chi connectivity index (χ0) is 26.8. The molecule has 1 N–H and O–H groups in total. The number of morpholine rings is 1. The molecule has 9 nitrogen and oxygen atoms in total. The van der Waals surface area contributed by atoms with E-state index in [1.54, 1.807) is 20.2 Å². The molecule has 0 saturated carbocycles. The Morgan fingerprint density at radius 3 is 2.59 bits per heavy atom. The summed E-state index contributed by atoms with van der Waals surface area (Å²) >= 11 is 0. The van der Waals surface area contributed by atoms with Gasteiger partial charge in [0.1, 0.15) is 5.75 Å². The highest BCUT2D eigenvalue weighted by Crippen LogP contribution is 2.33. The minimum Gasteiger partial charge on any atom is -0.494 e. The average Bonchev–Trinajstić information content (AvgIpc) is 3.41. The van der Waals surface area contributed by atoms with Gasteiger partial charge in [-0.25, -0.2) is 9.50 Å². The number of rotatable bonds is 7. The van der Waals surface area contributed by atoms with Gasteiger partial charge in [-0.05, 0) is 44.0 Å². The molecule has 0 amide bonds. The second-order valence-electron chi connectivity index (χ2n) is 10.1. The van der Waals surface area contributed by atoms with E-state index in [-0.39, 0.29) is 5.78 Å². The van der Waals surface area contributed by atoms with Gasteiger partial charge in [-0.15, -0.1) is 5.10 Å². The quantitative estimate of drug-likeness (QED) is 0.349. The first-order valence-corrected chi connectivity index (χ1v) is 13.6. The fourth-order valence-corrected chi connectivity index (χ4v) is 5.71. The summed E-state index contributed by atoms with van der Waals surface area (Å²) in [5, 5.41) is 8.08. The molecule has 2 aromatic heterocycles. The van der Waals surface area contributed by atoms with Gasteiger partial charge in [-0.1, -0.05) is 24.3 Å². The Morgan fingerprint density at radius 1 is 1.03 bits per heavy atom. The lowest BCUT2D eigenvalue weighted by atomic mass is 10.0. The van der Waals surface area contributed by atoms with Crippen molar-refractivity contribution >= 4 is 28.6 Å². The number of aromatic nitrogens is 3. The number of carbonyl (C=O) groups is 1. The summed E-state index contributed by atoms with van der Waals surface area (Å²) in [6, 6.07) is 18.4. The van der Waals surface area contributed by atoms with E-state index in [0.29, 0.717) is 17.6 Å². The average molecular weight is 527 g/mol. The van der Waals surface area contributed by atoms with Crippen molar-refractivity contribution in [1.82, 2.24) is 19.5 Å². The third-order valence-electron chi connectivity index (χ3n) is 7.80. The molecule has 2 aliphatic rings. The lowest BCUT2D eigenvalue weighted by molar-refractivity contribution is 0.0115. The van der Waals surface area contributed by atoms with Gasteiger partial charge in [0.15, 0.2) is 5.78 Å². The molecule has 6 rings (SSSR count). The van der Waals surface area contributed by atoms with Crippen molar-refractivity contribution in [3.05, 3.63) is 66.4 Å². The van der Waals surface area contributed by atoms with Crippen LogP contribution in [0.5, 0.6) is 5.75 Å². The fraction of sp³-hybridized carbons (Fsp3) is 0.367. The maximum absolute atomic E-state index is 12.2. The second-order valence-corrected chi connectivity index (χ2v) is 10.1. The van der Waals surface area contributed by atoms with E-state index in [9.17, 15) is 4.79 Å². The summed E-state index contributed by atoms with van der Waals surface area (Å²) in [7, 11) is 1.68. The molecule has 2 saturated heterocycles. The molecule has 0 aliphatic carbocycles. The minimum atomic E-state index is 0.0168. The lowest BCUT2D eigenvalue weighted by Crippen LogP contribution is -2.49. The van der Waals surface area contributed by atoms with Crippen molar-refractivity contribution in [3.63, 3.8) is 0 Å². The highest BCUT2D eigenvalue weighted by Gasteiger charge is 2.26. The molecule has 202 valence electrons. The number of carbonyl (C=O) groups excluding carboxylic acids is 1. The Hall–Kier alpha value is -3.95. The number of piperidine rings is 1. The van der Waals surface area contributed by atoms with Gasteiger partial charge in [0.05, 0.1) is 43.4 Å². The van der Waals surface area contributed by atoms with Crippen LogP contribution in [0.4, 0.5) is 17.3 Å². The molecule has 2 aliphatic heterocycles. The summed E-state index contributed by atoms with van der Waals surface area (Å²) in [5.41, 5.74) is 5.14. The van der Waals surface area contributed by atoms with Gasteiger partial charge < -0.3 is 19.7 Å². The number of hydrogen-bond acceptors (Lipinski definition) is 8. The second kappa shape index (κ2) is 11.0. The van der Waals surface area contributed by atoms with Gasteiger partial charge in [-0.3, -0.25) is 9.69 Å². The molecule has 0 unspecified atom stereocenters. The van der Waals surface area contributed by atoms with E-state index in [1.807, 2.05) is 47.0 Å². The van der Waals surface area contributed by atoms with E-state index in [0.717, 1.165) is 86.1 Å². The molecule has 4 heterocycles. The van der Waals surface area contributed by atoms with E-state index >= 15 is 0 Å². The monoisotopic (exact) mass is 526 g/mol. The molecule has 2 aromatic carbocycles. The number of nitrogens with zero attached hydrogens (tertiary/aromatic N) is 5. The fourth-order valence-electron chi connectivity index (χ4n) is 5.71. The summed E-state index contributed by atoms with van der Waals surface area (Å²) in [6.45, 7) is 7.41. The van der Waals surface area contributed by atoms with Crippen molar-refractivity contribution in [2.75, 3.05) is 56.7 Å². The van der Waals surface area contributed by atoms with E-state index < -0.39 is 0 Å². The summed E-state index contributed by atoms with van der Waals surface area (Å²) < 4.78 is 13.1. The third kappa shape index (κ3) is 5.20. The zero-order valence-corrected chi connectivity index (χ0v) is 22.5. The Bertz CT molecular complexity index is 1470. The van der Waals surface area contributed by atoms with E-state index in [1.165, 1.54) is 0 Å². The smallest absolute Gasteiger partial charge is 0.245 e. The van der Waals surface area contributed by atoms with Crippen LogP contribution in [-0.2, 0) is 4.74 Å². The number of methoxy groups -OCH3 is 1. The number of fused-ring (bicyclic) bond motifs is 1. The Balaban J connectivity index is 1.20. The minimum absolute atomic E-state index is 0.0168. The van der Waals surface area contributed by atoms with Crippen LogP contribution in [-0.4, -0.2) is 77.8 Å². The number of anilines is 3. The molecule has 0 spiro atoms. The number of ether oxygens (including phenoxy) is 2. The van der Waals surface area contributed by atoms with Crippen LogP contribution in [0, 0.1) is 0 Å². The van der Waals surface area contributed by atoms with Gasteiger partial charge >= 0.3 is 0 Å². The number of nitrogens with one attached hydrogen (secondary N) is 1. The molecular weight excluding hydrogens is 492 g/mol. The Kier molecular flexibility index (Phi) is 7.17. The zero-order valence-electron chi connectivity index (χ0n) is 22.5. The number of hydrogen-bond donors (Lipinski definition) is 1. The van der Waals surface area contributed by atoms with Crippen molar-refractivity contribution < 1.29 is 14.3 Å². The summed E-state index contributed by atoms with van der Waals surface area (Å²) in [5.74, 6) is 1.20.